The van der Waals surface area contributed by atoms with Crippen LogP contribution in [0.1, 0.15) is 22.8 Å². The number of benzene rings is 1. The van der Waals surface area contributed by atoms with E-state index in [2.05, 4.69) is 46.4 Å². The Morgan fingerprint density at radius 1 is 1.31 bits per heavy atom. The van der Waals surface area contributed by atoms with Crippen molar-refractivity contribution in [3.05, 3.63) is 47.0 Å². The Kier molecular flexibility index (Phi) is 2.97. The zero-order valence-electron chi connectivity index (χ0n) is 9.07. The molecular formula is C12H12N4. The molecule has 0 aliphatic heterocycles. The standard InChI is InChI=1S/C12H12N4/c1-9-2-4-10(5-3-9)8-12-14-11(6-7-13)15-16-12/h2-5H,6,8H2,1H3,(H,14,15,16). The molecule has 80 valence electrons. The molecule has 2 rings (SSSR count). The molecule has 4 heteroatoms. The molecule has 0 unspecified atom stereocenters. The quantitative estimate of drug-likeness (QED) is 0.843. The highest BCUT2D eigenvalue weighted by atomic mass is 15.2. The van der Waals surface area contributed by atoms with Gasteiger partial charge in [0.15, 0.2) is 5.82 Å². The molecule has 0 bridgehead atoms. The van der Waals surface area contributed by atoms with Crippen molar-refractivity contribution in [3.63, 3.8) is 0 Å². The van der Waals surface area contributed by atoms with E-state index in [0.29, 0.717) is 5.82 Å². The van der Waals surface area contributed by atoms with E-state index in [-0.39, 0.29) is 6.42 Å². The summed E-state index contributed by atoms with van der Waals surface area (Å²) < 4.78 is 0. The van der Waals surface area contributed by atoms with Gasteiger partial charge in [-0.3, -0.25) is 5.10 Å². The smallest absolute Gasteiger partial charge is 0.164 e. The first-order chi connectivity index (χ1) is 7.78. The molecule has 1 aromatic carbocycles. The Balaban J connectivity index is 2.09. The van der Waals surface area contributed by atoms with Crippen molar-refractivity contribution in [1.82, 2.24) is 15.2 Å². The minimum Gasteiger partial charge on any atom is -0.263 e. The SMILES string of the molecule is Cc1ccc(Cc2nc(CC#N)n[nH]2)cc1. The molecule has 0 aliphatic carbocycles. The number of nitriles is 1. The first kappa shape index (κ1) is 10.4. The fraction of sp³-hybridized carbons (Fsp3) is 0.250. The summed E-state index contributed by atoms with van der Waals surface area (Å²) in [5.74, 6) is 1.36. The third-order valence-electron chi connectivity index (χ3n) is 2.31. The highest BCUT2D eigenvalue weighted by Crippen LogP contribution is 2.07. The first-order valence-corrected chi connectivity index (χ1v) is 5.10. The molecule has 4 nitrogen and oxygen atoms in total. The van der Waals surface area contributed by atoms with Gasteiger partial charge in [-0.15, -0.1) is 0 Å². The second kappa shape index (κ2) is 4.58. The number of H-pyrrole nitrogens is 1. The average Bonchev–Trinajstić information content (AvgIpc) is 2.70. The van der Waals surface area contributed by atoms with Crippen LogP contribution in [0.2, 0.25) is 0 Å². The summed E-state index contributed by atoms with van der Waals surface area (Å²) in [4.78, 5) is 4.23. The van der Waals surface area contributed by atoms with Crippen LogP contribution in [0.4, 0.5) is 0 Å². The van der Waals surface area contributed by atoms with Gasteiger partial charge in [0, 0.05) is 6.42 Å². The lowest BCUT2D eigenvalue weighted by molar-refractivity contribution is 0.964. The molecule has 2 aromatic rings. The second-order valence-corrected chi connectivity index (χ2v) is 3.70. The van der Waals surface area contributed by atoms with Gasteiger partial charge < -0.3 is 0 Å². The molecule has 0 atom stereocenters. The highest BCUT2D eigenvalue weighted by Gasteiger charge is 2.03. The van der Waals surface area contributed by atoms with E-state index in [9.17, 15) is 0 Å². The molecule has 0 fully saturated rings. The monoisotopic (exact) mass is 212 g/mol. The van der Waals surface area contributed by atoms with Crippen LogP contribution >= 0.6 is 0 Å². The van der Waals surface area contributed by atoms with Crippen LogP contribution in [-0.2, 0) is 12.8 Å². The predicted octanol–water partition coefficient (Wildman–Crippen LogP) is 1.77. The average molecular weight is 212 g/mol. The van der Waals surface area contributed by atoms with E-state index >= 15 is 0 Å². The van der Waals surface area contributed by atoms with Gasteiger partial charge in [-0.2, -0.15) is 10.4 Å². The van der Waals surface area contributed by atoms with Crippen molar-refractivity contribution in [2.24, 2.45) is 0 Å². The number of hydrogen-bond acceptors (Lipinski definition) is 3. The summed E-state index contributed by atoms with van der Waals surface area (Å²) >= 11 is 0. The van der Waals surface area contributed by atoms with Crippen LogP contribution in [0.5, 0.6) is 0 Å². The maximum absolute atomic E-state index is 8.51. The van der Waals surface area contributed by atoms with E-state index in [0.717, 1.165) is 12.2 Å². The summed E-state index contributed by atoms with van der Waals surface area (Å²) in [5.41, 5.74) is 2.43. The first-order valence-electron chi connectivity index (χ1n) is 5.10. The van der Waals surface area contributed by atoms with Gasteiger partial charge in [0.1, 0.15) is 5.82 Å². The number of nitrogens with zero attached hydrogens (tertiary/aromatic N) is 3. The van der Waals surface area contributed by atoms with Crippen molar-refractivity contribution in [2.75, 3.05) is 0 Å². The van der Waals surface area contributed by atoms with Crippen LogP contribution in [0.15, 0.2) is 24.3 Å². The molecule has 16 heavy (non-hydrogen) atoms. The Labute approximate surface area is 94.0 Å². The van der Waals surface area contributed by atoms with Crippen molar-refractivity contribution in [3.8, 4) is 6.07 Å². The number of nitrogens with one attached hydrogen (secondary N) is 1. The Bertz CT molecular complexity index is 505. The van der Waals surface area contributed by atoms with Crippen molar-refractivity contribution >= 4 is 0 Å². The van der Waals surface area contributed by atoms with Gasteiger partial charge >= 0.3 is 0 Å². The highest BCUT2D eigenvalue weighted by molar-refractivity contribution is 5.23. The lowest BCUT2D eigenvalue weighted by Crippen LogP contribution is -1.91. The van der Waals surface area contributed by atoms with E-state index in [1.54, 1.807) is 0 Å². The molecule has 1 N–H and O–H groups in total. The zero-order valence-corrected chi connectivity index (χ0v) is 9.07. The van der Waals surface area contributed by atoms with Crippen LogP contribution < -0.4 is 0 Å². The fourth-order valence-corrected chi connectivity index (χ4v) is 1.46. The Hall–Kier alpha value is -2.15. The van der Waals surface area contributed by atoms with Crippen LogP contribution in [0, 0.1) is 18.3 Å². The van der Waals surface area contributed by atoms with Crippen LogP contribution in [0.25, 0.3) is 0 Å². The largest absolute Gasteiger partial charge is 0.263 e. The van der Waals surface area contributed by atoms with E-state index in [1.165, 1.54) is 11.1 Å². The zero-order chi connectivity index (χ0) is 11.4. The van der Waals surface area contributed by atoms with Gasteiger partial charge in [-0.1, -0.05) is 29.8 Å². The summed E-state index contributed by atoms with van der Waals surface area (Å²) in [6, 6.07) is 10.3. The van der Waals surface area contributed by atoms with Crippen molar-refractivity contribution < 1.29 is 0 Å². The molecular weight excluding hydrogens is 200 g/mol. The summed E-state index contributed by atoms with van der Waals surface area (Å²) in [7, 11) is 0. The lowest BCUT2D eigenvalue weighted by atomic mass is 10.1. The van der Waals surface area contributed by atoms with Crippen molar-refractivity contribution in [2.45, 2.75) is 19.8 Å². The van der Waals surface area contributed by atoms with E-state index in [1.807, 2.05) is 6.07 Å². The molecule has 0 saturated carbocycles. The van der Waals surface area contributed by atoms with Crippen LogP contribution in [0.3, 0.4) is 0 Å². The topological polar surface area (TPSA) is 65.4 Å². The maximum Gasteiger partial charge on any atom is 0.164 e. The van der Waals surface area contributed by atoms with Crippen LogP contribution in [-0.4, -0.2) is 15.2 Å². The number of rotatable bonds is 3. The van der Waals surface area contributed by atoms with Gasteiger partial charge in [-0.05, 0) is 12.5 Å². The Morgan fingerprint density at radius 3 is 2.75 bits per heavy atom. The summed E-state index contributed by atoms with van der Waals surface area (Å²) in [6.07, 6.45) is 0.975. The van der Waals surface area contributed by atoms with Gasteiger partial charge in [-0.25, -0.2) is 4.98 Å². The molecule has 0 spiro atoms. The Morgan fingerprint density at radius 2 is 2.06 bits per heavy atom. The molecule has 0 amide bonds. The van der Waals surface area contributed by atoms with E-state index < -0.39 is 0 Å². The predicted molar refractivity (Wildman–Crippen MR) is 59.7 cm³/mol. The van der Waals surface area contributed by atoms with Gasteiger partial charge in [0.2, 0.25) is 0 Å². The summed E-state index contributed by atoms with van der Waals surface area (Å²) in [5, 5.41) is 15.3. The third kappa shape index (κ3) is 2.45. The second-order valence-electron chi connectivity index (χ2n) is 3.70. The lowest BCUT2D eigenvalue weighted by Gasteiger charge is -1.98. The van der Waals surface area contributed by atoms with Gasteiger partial charge in [0.05, 0.1) is 12.5 Å². The maximum atomic E-state index is 8.51. The normalized spacial score (nSPS) is 10.0. The minimum absolute atomic E-state index is 0.254. The summed E-state index contributed by atoms with van der Waals surface area (Å²) in [6.45, 7) is 2.06. The number of aromatic amines is 1. The number of aryl methyl sites for hydroxylation is 1. The molecule has 0 radical (unpaired) electrons. The molecule has 0 saturated heterocycles. The fourth-order valence-electron chi connectivity index (χ4n) is 1.46. The molecule has 1 heterocycles. The molecule has 1 aromatic heterocycles. The number of hydrogen-bond donors (Lipinski definition) is 1. The molecule has 0 aliphatic rings. The van der Waals surface area contributed by atoms with E-state index in [4.69, 9.17) is 5.26 Å². The van der Waals surface area contributed by atoms with Crippen molar-refractivity contribution in [1.29, 1.82) is 5.26 Å². The van der Waals surface area contributed by atoms with Gasteiger partial charge in [0.25, 0.3) is 0 Å². The minimum atomic E-state index is 0.254. The third-order valence-corrected chi connectivity index (χ3v) is 2.31. The number of aromatic nitrogens is 3.